The lowest BCUT2D eigenvalue weighted by Crippen LogP contribution is -2.23. The number of phenols is 1. The molecule has 0 saturated heterocycles. The zero-order valence-electron chi connectivity index (χ0n) is 13.6. The van der Waals surface area contributed by atoms with E-state index in [4.69, 9.17) is 9.15 Å². The Bertz CT molecular complexity index is 851. The van der Waals surface area contributed by atoms with E-state index in [1.165, 1.54) is 6.92 Å². The van der Waals surface area contributed by atoms with Gasteiger partial charge < -0.3 is 19.6 Å². The lowest BCUT2D eigenvalue weighted by Gasteiger charge is -2.08. The van der Waals surface area contributed by atoms with Crippen LogP contribution >= 0.6 is 0 Å². The number of benzene rings is 2. The molecule has 1 heterocycles. The molecule has 0 bridgehead atoms. The first kappa shape index (κ1) is 15.9. The van der Waals surface area contributed by atoms with Crippen molar-refractivity contribution in [2.45, 2.75) is 26.5 Å². The Labute approximate surface area is 139 Å². The van der Waals surface area contributed by atoms with Crippen molar-refractivity contribution in [3.8, 4) is 11.5 Å². The maximum absolute atomic E-state index is 11.1. The third-order valence-corrected chi connectivity index (χ3v) is 3.70. The van der Waals surface area contributed by atoms with Crippen LogP contribution < -0.4 is 10.1 Å². The number of rotatable bonds is 5. The number of aromatic hydroxyl groups is 1. The molecule has 0 aliphatic rings. The van der Waals surface area contributed by atoms with Gasteiger partial charge in [-0.25, -0.2) is 0 Å². The quantitative estimate of drug-likeness (QED) is 0.746. The number of ether oxygens (including phenoxy) is 1. The third kappa shape index (κ3) is 3.68. The minimum atomic E-state index is -0.184. The van der Waals surface area contributed by atoms with E-state index < -0.39 is 0 Å². The maximum Gasteiger partial charge on any atom is 0.217 e. The Morgan fingerprint density at radius 2 is 1.96 bits per heavy atom. The molecule has 1 amide bonds. The summed E-state index contributed by atoms with van der Waals surface area (Å²) < 4.78 is 11.6. The van der Waals surface area contributed by atoms with Crippen molar-refractivity contribution in [3.05, 3.63) is 59.9 Å². The Kier molecular flexibility index (Phi) is 4.42. The molecule has 0 spiro atoms. The highest BCUT2D eigenvalue weighted by Crippen LogP contribution is 2.27. The van der Waals surface area contributed by atoms with Crippen LogP contribution in [0.1, 0.15) is 31.2 Å². The number of fused-ring (bicyclic) bond motifs is 1. The van der Waals surface area contributed by atoms with Crippen LogP contribution in [0.15, 0.2) is 52.9 Å². The van der Waals surface area contributed by atoms with Gasteiger partial charge in [0.05, 0.1) is 6.04 Å². The molecule has 1 aromatic heterocycles. The fraction of sp³-hybridized carbons (Fsp3) is 0.211. The van der Waals surface area contributed by atoms with Crippen LogP contribution in [-0.2, 0) is 11.4 Å². The number of carbonyl (C=O) groups is 1. The van der Waals surface area contributed by atoms with Gasteiger partial charge >= 0.3 is 0 Å². The van der Waals surface area contributed by atoms with Crippen molar-refractivity contribution >= 4 is 16.9 Å². The topological polar surface area (TPSA) is 71.7 Å². The highest BCUT2D eigenvalue weighted by molar-refractivity contribution is 5.80. The zero-order valence-corrected chi connectivity index (χ0v) is 13.6. The van der Waals surface area contributed by atoms with Crippen molar-refractivity contribution in [3.63, 3.8) is 0 Å². The molecule has 24 heavy (non-hydrogen) atoms. The minimum Gasteiger partial charge on any atom is -0.508 e. The minimum absolute atomic E-state index is 0.0964. The predicted octanol–water partition coefficient (Wildman–Crippen LogP) is 3.91. The fourth-order valence-electron chi connectivity index (χ4n) is 2.47. The fourth-order valence-corrected chi connectivity index (χ4v) is 2.47. The summed E-state index contributed by atoms with van der Waals surface area (Å²) in [5.74, 6) is 1.54. The van der Waals surface area contributed by atoms with E-state index in [1.54, 1.807) is 12.1 Å². The van der Waals surface area contributed by atoms with E-state index in [0.717, 1.165) is 10.9 Å². The standard InChI is InChI=1S/C19H19NO4/c1-12(20-13(2)21)18-9-15-5-8-17(10-19(15)24-18)23-11-14-3-6-16(22)7-4-14/h3-10,12,22H,11H2,1-2H3,(H,20,21). The normalized spacial score (nSPS) is 12.1. The second-order valence-corrected chi connectivity index (χ2v) is 5.73. The van der Waals surface area contributed by atoms with E-state index in [9.17, 15) is 9.90 Å². The van der Waals surface area contributed by atoms with Gasteiger partial charge in [0.25, 0.3) is 0 Å². The summed E-state index contributed by atoms with van der Waals surface area (Å²) in [7, 11) is 0. The van der Waals surface area contributed by atoms with Crippen molar-refractivity contribution in [2.24, 2.45) is 0 Å². The Morgan fingerprint density at radius 3 is 2.67 bits per heavy atom. The number of nitrogens with one attached hydrogen (secondary N) is 1. The number of furan rings is 1. The second kappa shape index (κ2) is 6.66. The average molecular weight is 325 g/mol. The molecule has 0 aliphatic carbocycles. The smallest absolute Gasteiger partial charge is 0.217 e. The zero-order chi connectivity index (χ0) is 17.1. The molecular weight excluding hydrogens is 306 g/mol. The molecular formula is C19H19NO4. The van der Waals surface area contributed by atoms with E-state index in [0.29, 0.717) is 23.7 Å². The Hall–Kier alpha value is -2.95. The lowest BCUT2D eigenvalue weighted by molar-refractivity contribution is -0.119. The highest BCUT2D eigenvalue weighted by Gasteiger charge is 2.13. The monoisotopic (exact) mass is 325 g/mol. The molecule has 2 N–H and O–H groups in total. The molecule has 124 valence electrons. The number of hydrogen-bond acceptors (Lipinski definition) is 4. The largest absolute Gasteiger partial charge is 0.508 e. The summed E-state index contributed by atoms with van der Waals surface area (Å²) in [4.78, 5) is 11.1. The van der Waals surface area contributed by atoms with Crippen molar-refractivity contribution < 1.29 is 19.1 Å². The lowest BCUT2D eigenvalue weighted by atomic mass is 10.2. The molecule has 5 nitrogen and oxygen atoms in total. The molecule has 0 radical (unpaired) electrons. The van der Waals surface area contributed by atoms with Crippen LogP contribution in [0.5, 0.6) is 11.5 Å². The second-order valence-electron chi connectivity index (χ2n) is 5.73. The van der Waals surface area contributed by atoms with Gasteiger partial charge in [-0.15, -0.1) is 0 Å². The molecule has 3 aromatic rings. The van der Waals surface area contributed by atoms with Gasteiger partial charge in [-0.3, -0.25) is 4.79 Å². The van der Waals surface area contributed by atoms with Gasteiger partial charge in [0.15, 0.2) is 0 Å². The average Bonchev–Trinajstić information content (AvgIpc) is 2.97. The number of phenolic OH excluding ortho intramolecular Hbond substituents is 1. The molecule has 3 rings (SSSR count). The first-order chi connectivity index (χ1) is 11.5. The molecule has 0 saturated carbocycles. The SMILES string of the molecule is CC(=O)NC(C)c1cc2ccc(OCc3ccc(O)cc3)cc2o1. The molecule has 2 aromatic carbocycles. The van der Waals surface area contributed by atoms with Crippen molar-refractivity contribution in [2.75, 3.05) is 0 Å². The summed E-state index contributed by atoms with van der Waals surface area (Å²) in [6.45, 7) is 3.76. The van der Waals surface area contributed by atoms with E-state index in [1.807, 2.05) is 43.3 Å². The summed E-state index contributed by atoms with van der Waals surface area (Å²) in [6, 6.07) is 14.3. The summed E-state index contributed by atoms with van der Waals surface area (Å²) in [5, 5.41) is 13.0. The molecule has 0 aliphatic heterocycles. The Balaban J connectivity index is 1.73. The van der Waals surface area contributed by atoms with Crippen molar-refractivity contribution in [1.29, 1.82) is 0 Å². The van der Waals surface area contributed by atoms with E-state index >= 15 is 0 Å². The summed E-state index contributed by atoms with van der Waals surface area (Å²) in [5.41, 5.74) is 1.68. The molecule has 5 heteroatoms. The first-order valence-electron chi connectivity index (χ1n) is 7.72. The van der Waals surface area contributed by atoms with E-state index in [2.05, 4.69) is 5.32 Å². The van der Waals surface area contributed by atoms with Gasteiger partial charge in [0.2, 0.25) is 5.91 Å². The number of hydrogen-bond donors (Lipinski definition) is 2. The van der Waals surface area contributed by atoms with Gasteiger partial charge in [-0.05, 0) is 42.8 Å². The van der Waals surface area contributed by atoms with Crippen LogP contribution in [0.2, 0.25) is 0 Å². The maximum atomic E-state index is 11.1. The molecule has 0 fully saturated rings. The van der Waals surface area contributed by atoms with Gasteiger partial charge in [-0.2, -0.15) is 0 Å². The number of amides is 1. The number of carbonyl (C=O) groups excluding carboxylic acids is 1. The van der Waals surface area contributed by atoms with E-state index in [-0.39, 0.29) is 17.7 Å². The molecule has 1 atom stereocenters. The Morgan fingerprint density at radius 1 is 1.21 bits per heavy atom. The third-order valence-electron chi connectivity index (χ3n) is 3.70. The van der Waals surface area contributed by atoms with Crippen LogP contribution in [0.3, 0.4) is 0 Å². The molecule has 1 unspecified atom stereocenters. The van der Waals surface area contributed by atoms with Crippen LogP contribution in [0, 0.1) is 0 Å². The van der Waals surface area contributed by atoms with Gasteiger partial charge in [0.1, 0.15) is 29.4 Å². The first-order valence-corrected chi connectivity index (χ1v) is 7.72. The predicted molar refractivity (Wildman–Crippen MR) is 90.9 cm³/mol. The van der Waals surface area contributed by atoms with Gasteiger partial charge in [-0.1, -0.05) is 12.1 Å². The van der Waals surface area contributed by atoms with Crippen LogP contribution in [0.4, 0.5) is 0 Å². The van der Waals surface area contributed by atoms with Crippen LogP contribution in [-0.4, -0.2) is 11.0 Å². The summed E-state index contributed by atoms with van der Waals surface area (Å²) in [6.07, 6.45) is 0. The highest BCUT2D eigenvalue weighted by atomic mass is 16.5. The van der Waals surface area contributed by atoms with Crippen molar-refractivity contribution in [1.82, 2.24) is 5.32 Å². The van der Waals surface area contributed by atoms with Crippen LogP contribution in [0.25, 0.3) is 11.0 Å². The van der Waals surface area contributed by atoms with Gasteiger partial charge in [0, 0.05) is 18.4 Å². The summed E-state index contributed by atoms with van der Waals surface area (Å²) >= 11 is 0.